The Morgan fingerprint density at radius 2 is 2.00 bits per heavy atom. The van der Waals surface area contributed by atoms with Gasteiger partial charge in [0.25, 0.3) is 0 Å². The smallest absolute Gasteiger partial charge is 0.234 e. The molecule has 3 amide bonds. The summed E-state index contributed by atoms with van der Waals surface area (Å²) in [5.41, 5.74) is 0.190. The van der Waals surface area contributed by atoms with Crippen LogP contribution in [0.15, 0.2) is 18.2 Å². The first kappa shape index (κ1) is 19.3. The molecule has 0 spiro atoms. The molecule has 2 aliphatic rings. The van der Waals surface area contributed by atoms with Crippen LogP contribution in [0.4, 0.5) is 5.69 Å². The van der Waals surface area contributed by atoms with Crippen LogP contribution in [0.3, 0.4) is 0 Å². The number of benzene rings is 1. The van der Waals surface area contributed by atoms with E-state index < -0.39 is 5.50 Å². The summed E-state index contributed by atoms with van der Waals surface area (Å²) < 4.78 is 10.9. The number of carbonyl (C=O) groups excluding carboxylic acids is 3. The molecule has 2 heterocycles. The second kappa shape index (κ2) is 8.96. The van der Waals surface area contributed by atoms with Crippen molar-refractivity contribution < 1.29 is 23.9 Å². The van der Waals surface area contributed by atoms with Crippen molar-refractivity contribution in [2.24, 2.45) is 0 Å². The maximum Gasteiger partial charge on any atom is 0.234 e. The first-order chi connectivity index (χ1) is 13.0. The summed E-state index contributed by atoms with van der Waals surface area (Å²) >= 11 is 1.25. The zero-order valence-corrected chi connectivity index (χ0v) is 15.7. The SMILES string of the molecule is CNC(=O)CC1CC(=O)NC(SCC(=O)Nc2ccc3c(c2)OCCO3)N1. The summed E-state index contributed by atoms with van der Waals surface area (Å²) in [5, 5.41) is 11.3. The van der Waals surface area contributed by atoms with Gasteiger partial charge < -0.3 is 25.4 Å². The first-order valence-electron chi connectivity index (χ1n) is 8.60. The molecule has 10 heteroatoms. The molecule has 2 aliphatic heterocycles. The summed E-state index contributed by atoms with van der Waals surface area (Å²) in [4.78, 5) is 35.5. The minimum atomic E-state index is -0.424. The van der Waals surface area contributed by atoms with Crippen molar-refractivity contribution in [3.8, 4) is 11.5 Å². The summed E-state index contributed by atoms with van der Waals surface area (Å²) in [5.74, 6) is 0.907. The Bertz CT molecular complexity index is 729. The van der Waals surface area contributed by atoms with E-state index in [1.54, 1.807) is 25.2 Å². The lowest BCUT2D eigenvalue weighted by molar-refractivity contribution is -0.125. The minimum absolute atomic E-state index is 0.137. The Balaban J connectivity index is 1.48. The van der Waals surface area contributed by atoms with Crippen LogP contribution in [0.25, 0.3) is 0 Å². The molecule has 2 unspecified atom stereocenters. The van der Waals surface area contributed by atoms with Crippen LogP contribution in [0.5, 0.6) is 11.5 Å². The van der Waals surface area contributed by atoms with Gasteiger partial charge in [0.1, 0.15) is 18.7 Å². The van der Waals surface area contributed by atoms with E-state index in [2.05, 4.69) is 21.3 Å². The predicted octanol–water partition coefficient (Wildman–Crippen LogP) is 0.0273. The third-order valence-corrected chi connectivity index (χ3v) is 5.04. The van der Waals surface area contributed by atoms with E-state index in [1.807, 2.05) is 0 Å². The molecule has 9 nitrogen and oxygen atoms in total. The van der Waals surface area contributed by atoms with Crippen molar-refractivity contribution in [2.75, 3.05) is 31.3 Å². The third-order valence-electron chi connectivity index (χ3n) is 4.03. The van der Waals surface area contributed by atoms with Gasteiger partial charge in [-0.05, 0) is 12.1 Å². The number of carbonyl (C=O) groups is 3. The van der Waals surface area contributed by atoms with Gasteiger partial charge in [-0.2, -0.15) is 0 Å². The number of anilines is 1. The highest BCUT2D eigenvalue weighted by Gasteiger charge is 2.27. The molecule has 27 heavy (non-hydrogen) atoms. The van der Waals surface area contributed by atoms with Crippen LogP contribution in [0.1, 0.15) is 12.8 Å². The quantitative estimate of drug-likeness (QED) is 0.538. The van der Waals surface area contributed by atoms with Crippen LogP contribution in [-0.4, -0.2) is 55.3 Å². The molecule has 1 saturated heterocycles. The number of hydrogen-bond acceptors (Lipinski definition) is 7. The molecule has 4 N–H and O–H groups in total. The van der Waals surface area contributed by atoms with Gasteiger partial charge in [-0.25, -0.2) is 0 Å². The number of fused-ring (bicyclic) bond motifs is 1. The van der Waals surface area contributed by atoms with E-state index in [0.29, 0.717) is 30.4 Å². The Morgan fingerprint density at radius 3 is 2.78 bits per heavy atom. The fourth-order valence-electron chi connectivity index (χ4n) is 2.77. The van der Waals surface area contributed by atoms with Gasteiger partial charge in [-0.3, -0.25) is 19.7 Å². The first-order valence-corrected chi connectivity index (χ1v) is 9.65. The van der Waals surface area contributed by atoms with Crippen LogP contribution >= 0.6 is 11.8 Å². The molecule has 0 aromatic heterocycles. The highest BCUT2D eigenvalue weighted by atomic mass is 32.2. The maximum absolute atomic E-state index is 12.2. The molecule has 1 aromatic rings. The number of hydrogen-bond donors (Lipinski definition) is 4. The summed E-state index contributed by atoms with van der Waals surface area (Å²) in [6.45, 7) is 0.987. The highest BCUT2D eigenvalue weighted by molar-refractivity contribution is 8.00. The van der Waals surface area contributed by atoms with Crippen LogP contribution in [0.2, 0.25) is 0 Å². The van der Waals surface area contributed by atoms with Crippen LogP contribution in [0, 0.1) is 0 Å². The molecule has 146 valence electrons. The average molecular weight is 394 g/mol. The van der Waals surface area contributed by atoms with Crippen molar-refractivity contribution in [1.29, 1.82) is 0 Å². The fourth-order valence-corrected chi connectivity index (χ4v) is 3.66. The number of amides is 3. The lowest BCUT2D eigenvalue weighted by Gasteiger charge is -2.30. The van der Waals surface area contributed by atoms with Gasteiger partial charge in [0, 0.05) is 37.7 Å². The fraction of sp³-hybridized carbons (Fsp3) is 0.471. The van der Waals surface area contributed by atoms with Crippen LogP contribution in [-0.2, 0) is 14.4 Å². The number of rotatable bonds is 6. The van der Waals surface area contributed by atoms with Crippen molar-refractivity contribution in [3.05, 3.63) is 18.2 Å². The largest absolute Gasteiger partial charge is 0.486 e. The van der Waals surface area contributed by atoms with Gasteiger partial charge in [0.2, 0.25) is 17.7 Å². The summed E-state index contributed by atoms with van der Waals surface area (Å²) in [6, 6.07) is 4.97. The van der Waals surface area contributed by atoms with Gasteiger partial charge in [-0.15, -0.1) is 11.8 Å². The van der Waals surface area contributed by atoms with E-state index in [4.69, 9.17) is 9.47 Å². The topological polar surface area (TPSA) is 118 Å². The summed E-state index contributed by atoms with van der Waals surface area (Å²) in [7, 11) is 1.56. The molecular formula is C17H22N4O5S. The molecule has 2 atom stereocenters. The Morgan fingerprint density at radius 1 is 1.22 bits per heavy atom. The molecule has 0 saturated carbocycles. The van der Waals surface area contributed by atoms with Gasteiger partial charge in [0.15, 0.2) is 11.5 Å². The van der Waals surface area contributed by atoms with Crippen molar-refractivity contribution in [3.63, 3.8) is 0 Å². The number of thioether (sulfide) groups is 1. The Labute approximate surface area is 160 Å². The standard InChI is InChI=1S/C17H22N4O5S/c1-18-14(22)7-11-8-15(23)21-17(20-11)27-9-16(24)19-10-2-3-12-13(6-10)26-5-4-25-12/h2-3,6,11,17,20H,4-5,7-9H2,1H3,(H,18,22)(H,19,24)(H,21,23). The van der Waals surface area contributed by atoms with Crippen LogP contribution < -0.4 is 30.7 Å². The van der Waals surface area contributed by atoms with Gasteiger partial charge in [-0.1, -0.05) is 0 Å². The van der Waals surface area contributed by atoms with E-state index >= 15 is 0 Å². The predicted molar refractivity (Wildman–Crippen MR) is 101 cm³/mol. The second-order valence-electron chi connectivity index (χ2n) is 6.11. The molecule has 1 aromatic carbocycles. The molecule has 3 rings (SSSR count). The molecule has 0 bridgehead atoms. The van der Waals surface area contributed by atoms with Gasteiger partial charge in [0.05, 0.1) is 5.75 Å². The Hall–Kier alpha value is -2.46. The Kier molecular flexibility index (Phi) is 6.40. The second-order valence-corrected chi connectivity index (χ2v) is 7.20. The van der Waals surface area contributed by atoms with E-state index in [0.717, 1.165) is 0 Å². The lowest BCUT2D eigenvalue weighted by Crippen LogP contribution is -2.55. The highest BCUT2D eigenvalue weighted by Crippen LogP contribution is 2.32. The molecular weight excluding hydrogens is 372 g/mol. The average Bonchev–Trinajstić information content (AvgIpc) is 2.66. The maximum atomic E-state index is 12.2. The summed E-state index contributed by atoms with van der Waals surface area (Å²) in [6.07, 6.45) is 0.443. The number of ether oxygens (including phenoxy) is 2. The van der Waals surface area contributed by atoms with Crippen molar-refractivity contribution >= 4 is 35.2 Å². The number of nitrogens with one attached hydrogen (secondary N) is 4. The zero-order chi connectivity index (χ0) is 19.2. The van der Waals surface area contributed by atoms with E-state index in [9.17, 15) is 14.4 Å². The van der Waals surface area contributed by atoms with Gasteiger partial charge >= 0.3 is 0 Å². The van der Waals surface area contributed by atoms with Crippen molar-refractivity contribution in [1.82, 2.24) is 16.0 Å². The van der Waals surface area contributed by atoms with E-state index in [1.165, 1.54) is 11.8 Å². The molecule has 1 fully saturated rings. The zero-order valence-electron chi connectivity index (χ0n) is 14.9. The van der Waals surface area contributed by atoms with Crippen molar-refractivity contribution in [2.45, 2.75) is 24.4 Å². The normalized spacial score (nSPS) is 21.1. The molecule has 0 radical (unpaired) electrons. The third kappa shape index (κ3) is 5.51. The monoisotopic (exact) mass is 394 g/mol. The lowest BCUT2D eigenvalue weighted by atomic mass is 10.1. The minimum Gasteiger partial charge on any atom is -0.486 e. The van der Waals surface area contributed by atoms with E-state index in [-0.39, 0.29) is 42.4 Å². The molecule has 0 aliphatic carbocycles.